The number of nitrogens with zero attached hydrogens (tertiary/aromatic N) is 2. The van der Waals surface area contributed by atoms with Gasteiger partial charge in [-0.2, -0.15) is 0 Å². The Hall–Kier alpha value is -4.12. The molecule has 3 rings (SSSR count). The summed E-state index contributed by atoms with van der Waals surface area (Å²) in [5, 5.41) is 2.84. The highest BCUT2D eigenvalue weighted by atomic mass is 32.2. The van der Waals surface area contributed by atoms with Gasteiger partial charge in [-0.05, 0) is 65.0 Å². The third-order valence-corrected chi connectivity index (χ3v) is 8.28. The summed E-state index contributed by atoms with van der Waals surface area (Å²) < 4.78 is 54.3. The summed E-state index contributed by atoms with van der Waals surface area (Å²) in [7, 11) is -1.51. The third-order valence-electron chi connectivity index (χ3n) is 6.51. The molecule has 3 aromatic rings. The zero-order valence-corrected chi connectivity index (χ0v) is 25.8. The fourth-order valence-corrected chi connectivity index (χ4v) is 5.64. The van der Waals surface area contributed by atoms with Gasteiger partial charge in [0.25, 0.3) is 10.0 Å². The minimum atomic E-state index is -4.33. The molecule has 0 saturated heterocycles. The average molecular weight is 600 g/mol. The first-order valence-electron chi connectivity index (χ1n) is 13.3. The van der Waals surface area contributed by atoms with Gasteiger partial charge in [0.05, 0.1) is 24.8 Å². The van der Waals surface area contributed by atoms with Crippen molar-refractivity contribution in [1.29, 1.82) is 0 Å². The Bertz CT molecular complexity index is 1520. The third kappa shape index (κ3) is 7.79. The lowest BCUT2D eigenvalue weighted by Gasteiger charge is -2.33. The predicted molar refractivity (Wildman–Crippen MR) is 160 cm³/mol. The van der Waals surface area contributed by atoms with Gasteiger partial charge in [0.1, 0.15) is 18.4 Å². The van der Waals surface area contributed by atoms with Crippen molar-refractivity contribution in [2.24, 2.45) is 0 Å². The van der Waals surface area contributed by atoms with Gasteiger partial charge >= 0.3 is 0 Å². The molecule has 226 valence electrons. The molecule has 0 spiro atoms. The molecule has 2 amide bonds. The molecule has 42 heavy (non-hydrogen) atoms. The van der Waals surface area contributed by atoms with Gasteiger partial charge in [0, 0.05) is 23.7 Å². The Morgan fingerprint density at radius 2 is 1.57 bits per heavy atom. The number of anilines is 1. The molecular weight excluding hydrogens is 561 g/mol. The quantitative estimate of drug-likeness (QED) is 0.343. The maximum Gasteiger partial charge on any atom is 0.264 e. The van der Waals surface area contributed by atoms with Crippen molar-refractivity contribution in [3.63, 3.8) is 0 Å². The number of ether oxygens (including phenoxy) is 2. The SMILES string of the molecule is COc1ccc(S(=O)(=O)N(CC(=O)N(Cc2ccccc2F)[C@@H](C)C(=O)NC(C)(C)C)c2ccc(C)cc2)cc1OC. The van der Waals surface area contributed by atoms with Crippen LogP contribution in [0.5, 0.6) is 11.5 Å². The molecule has 3 aromatic carbocycles. The number of sulfonamides is 1. The lowest BCUT2D eigenvalue weighted by Crippen LogP contribution is -2.54. The lowest BCUT2D eigenvalue weighted by molar-refractivity contribution is -0.140. The fraction of sp³-hybridized carbons (Fsp3) is 0.355. The largest absolute Gasteiger partial charge is 0.493 e. The van der Waals surface area contributed by atoms with Crippen LogP contribution in [0.3, 0.4) is 0 Å². The maximum atomic E-state index is 14.7. The average Bonchev–Trinajstić information content (AvgIpc) is 2.94. The Balaban J connectivity index is 2.09. The number of halogens is 1. The highest BCUT2D eigenvalue weighted by Crippen LogP contribution is 2.32. The van der Waals surface area contributed by atoms with E-state index in [4.69, 9.17) is 9.47 Å². The molecule has 0 aromatic heterocycles. The molecule has 0 fully saturated rings. The number of carbonyl (C=O) groups is 2. The number of amides is 2. The minimum absolute atomic E-state index is 0.132. The van der Waals surface area contributed by atoms with Crippen LogP contribution in [-0.2, 0) is 26.2 Å². The Kier molecular flexibility index (Phi) is 10.2. The Morgan fingerprint density at radius 1 is 0.952 bits per heavy atom. The fourth-order valence-electron chi connectivity index (χ4n) is 4.21. The van der Waals surface area contributed by atoms with E-state index in [9.17, 15) is 22.4 Å². The number of hydrogen-bond acceptors (Lipinski definition) is 6. The van der Waals surface area contributed by atoms with Gasteiger partial charge < -0.3 is 19.7 Å². The highest BCUT2D eigenvalue weighted by Gasteiger charge is 2.34. The first-order valence-corrected chi connectivity index (χ1v) is 14.8. The highest BCUT2D eigenvalue weighted by molar-refractivity contribution is 7.92. The van der Waals surface area contributed by atoms with Crippen molar-refractivity contribution in [2.45, 2.75) is 57.6 Å². The zero-order chi connectivity index (χ0) is 31.2. The smallest absolute Gasteiger partial charge is 0.264 e. The van der Waals surface area contributed by atoms with E-state index in [2.05, 4.69) is 5.32 Å². The summed E-state index contributed by atoms with van der Waals surface area (Å²) in [6.45, 7) is 7.89. The van der Waals surface area contributed by atoms with Gasteiger partial charge in [-0.3, -0.25) is 13.9 Å². The maximum absolute atomic E-state index is 14.7. The summed E-state index contributed by atoms with van der Waals surface area (Å²) in [6.07, 6.45) is 0. The number of carbonyl (C=O) groups excluding carboxylic acids is 2. The normalized spacial score (nSPS) is 12.3. The van der Waals surface area contributed by atoms with E-state index in [1.165, 1.54) is 62.4 Å². The van der Waals surface area contributed by atoms with Crippen molar-refractivity contribution >= 4 is 27.5 Å². The van der Waals surface area contributed by atoms with Crippen LogP contribution in [0.25, 0.3) is 0 Å². The molecule has 0 heterocycles. The van der Waals surface area contributed by atoms with Crippen molar-refractivity contribution in [3.05, 3.63) is 83.7 Å². The van der Waals surface area contributed by atoms with Crippen LogP contribution in [0.4, 0.5) is 10.1 Å². The molecule has 9 nitrogen and oxygen atoms in total. The molecule has 0 aliphatic carbocycles. The van der Waals surface area contributed by atoms with E-state index >= 15 is 0 Å². The van der Waals surface area contributed by atoms with E-state index in [1.807, 2.05) is 6.92 Å². The van der Waals surface area contributed by atoms with Crippen molar-refractivity contribution in [1.82, 2.24) is 10.2 Å². The Labute approximate surface area is 247 Å². The standard InChI is InChI=1S/C31H38FN3O6S/c1-21-12-14-24(15-13-21)35(42(38,39)25-16-17-27(40-6)28(18-25)41-7)20-29(36)34(19-23-10-8-9-11-26(23)32)22(2)30(37)33-31(3,4)5/h8-18,22H,19-20H2,1-7H3,(H,33,37)/t22-/m0/s1. The molecule has 0 aliphatic rings. The van der Waals surface area contributed by atoms with Crippen molar-refractivity contribution in [3.8, 4) is 11.5 Å². The molecular formula is C31H38FN3O6S. The molecule has 0 saturated carbocycles. The van der Waals surface area contributed by atoms with Crippen LogP contribution in [0.2, 0.25) is 0 Å². The summed E-state index contributed by atoms with van der Waals surface area (Å²) in [4.78, 5) is 28.2. The second-order valence-corrected chi connectivity index (χ2v) is 12.8. The van der Waals surface area contributed by atoms with E-state index in [1.54, 1.807) is 51.1 Å². The summed E-state index contributed by atoms with van der Waals surface area (Å²) in [5.41, 5.74) is 0.720. The number of nitrogens with one attached hydrogen (secondary N) is 1. The number of hydrogen-bond donors (Lipinski definition) is 1. The minimum Gasteiger partial charge on any atom is -0.493 e. The molecule has 0 unspecified atom stereocenters. The van der Waals surface area contributed by atoms with Crippen LogP contribution in [0.1, 0.15) is 38.8 Å². The lowest BCUT2D eigenvalue weighted by atomic mass is 10.1. The van der Waals surface area contributed by atoms with Gasteiger partial charge in [0.2, 0.25) is 11.8 Å². The van der Waals surface area contributed by atoms with E-state index in [-0.39, 0.29) is 28.4 Å². The topological polar surface area (TPSA) is 105 Å². The van der Waals surface area contributed by atoms with Crippen LogP contribution >= 0.6 is 0 Å². The molecule has 0 bridgehead atoms. The molecule has 0 radical (unpaired) electrons. The molecule has 1 N–H and O–H groups in total. The number of rotatable bonds is 11. The van der Waals surface area contributed by atoms with Gasteiger partial charge in [-0.1, -0.05) is 35.9 Å². The van der Waals surface area contributed by atoms with E-state index in [0.29, 0.717) is 5.75 Å². The van der Waals surface area contributed by atoms with Crippen molar-refractivity contribution in [2.75, 3.05) is 25.1 Å². The monoisotopic (exact) mass is 599 g/mol. The molecule has 0 aliphatic heterocycles. The van der Waals surface area contributed by atoms with E-state index < -0.39 is 45.8 Å². The van der Waals surface area contributed by atoms with Crippen LogP contribution in [0, 0.1) is 12.7 Å². The number of benzene rings is 3. The van der Waals surface area contributed by atoms with Crippen molar-refractivity contribution < 1.29 is 31.9 Å². The number of methoxy groups -OCH3 is 2. The summed E-state index contributed by atoms with van der Waals surface area (Å²) in [5.74, 6) is -1.17. The first kappa shape index (κ1) is 32.4. The van der Waals surface area contributed by atoms with Gasteiger partial charge in [-0.15, -0.1) is 0 Å². The zero-order valence-electron chi connectivity index (χ0n) is 25.0. The van der Waals surface area contributed by atoms with Crippen LogP contribution < -0.4 is 19.1 Å². The summed E-state index contributed by atoms with van der Waals surface area (Å²) in [6, 6.07) is 15.7. The van der Waals surface area contributed by atoms with Crippen LogP contribution in [0.15, 0.2) is 71.6 Å². The molecule has 11 heteroatoms. The first-order chi connectivity index (χ1) is 19.7. The second kappa shape index (κ2) is 13.2. The molecule has 1 atom stereocenters. The van der Waals surface area contributed by atoms with Gasteiger partial charge in [0.15, 0.2) is 11.5 Å². The summed E-state index contributed by atoms with van der Waals surface area (Å²) >= 11 is 0. The number of aryl methyl sites for hydroxylation is 1. The van der Waals surface area contributed by atoms with Gasteiger partial charge in [-0.25, -0.2) is 12.8 Å². The Morgan fingerprint density at radius 3 is 2.14 bits per heavy atom. The predicted octanol–water partition coefficient (Wildman–Crippen LogP) is 4.68. The van der Waals surface area contributed by atoms with E-state index in [0.717, 1.165) is 9.87 Å². The van der Waals surface area contributed by atoms with Crippen LogP contribution in [-0.4, -0.2) is 57.5 Å². The second-order valence-electron chi connectivity index (χ2n) is 10.9.